The fourth-order valence-electron chi connectivity index (χ4n) is 1.81. The van der Waals surface area contributed by atoms with Crippen LogP contribution in [-0.2, 0) is 6.54 Å². The number of carbonyl (C=O) groups excluding carboxylic acids is 1. The second-order valence-corrected chi connectivity index (χ2v) is 5.00. The van der Waals surface area contributed by atoms with Crippen LogP contribution in [-0.4, -0.2) is 21.2 Å². The van der Waals surface area contributed by atoms with Crippen molar-refractivity contribution in [3.63, 3.8) is 0 Å². The lowest BCUT2D eigenvalue weighted by atomic mass is 10.2. The summed E-state index contributed by atoms with van der Waals surface area (Å²) in [5.74, 6) is 0.738. The van der Waals surface area contributed by atoms with Crippen LogP contribution in [0, 0.1) is 0 Å². The second-order valence-electron chi connectivity index (χ2n) is 4.57. The third kappa shape index (κ3) is 4.04. The van der Waals surface area contributed by atoms with Crippen LogP contribution in [0.25, 0.3) is 11.4 Å². The summed E-state index contributed by atoms with van der Waals surface area (Å²) in [6.45, 7) is 0.118. The lowest BCUT2D eigenvalue weighted by molar-refractivity contribution is 0.249. The van der Waals surface area contributed by atoms with E-state index < -0.39 is 0 Å². The van der Waals surface area contributed by atoms with Crippen LogP contribution in [0.5, 0.6) is 0 Å². The average Bonchev–Trinajstić information content (AvgIpc) is 3.04. The van der Waals surface area contributed by atoms with Gasteiger partial charge in [-0.05, 0) is 36.4 Å². The Morgan fingerprint density at radius 2 is 2.04 bits per heavy atom. The van der Waals surface area contributed by atoms with Gasteiger partial charge in [0.25, 0.3) is 0 Å². The predicted octanol–water partition coefficient (Wildman–Crippen LogP) is 3.11. The molecule has 2 amide bonds. The van der Waals surface area contributed by atoms with E-state index in [4.69, 9.17) is 16.1 Å². The minimum atomic E-state index is -0.385. The summed E-state index contributed by atoms with van der Waals surface area (Å²) in [6.07, 6.45) is 3.17. The number of benzene rings is 1. The molecule has 8 heteroatoms. The van der Waals surface area contributed by atoms with Crippen LogP contribution >= 0.6 is 11.6 Å². The van der Waals surface area contributed by atoms with Crippen molar-refractivity contribution in [2.75, 3.05) is 5.32 Å². The van der Waals surface area contributed by atoms with Crippen molar-refractivity contribution in [2.24, 2.45) is 0 Å². The van der Waals surface area contributed by atoms with Gasteiger partial charge in [-0.2, -0.15) is 4.98 Å². The lowest BCUT2D eigenvalue weighted by Crippen LogP contribution is -2.28. The normalized spacial score (nSPS) is 10.3. The standard InChI is InChI=1S/C15H12ClN5O2/c16-11-5-3-10(4-6-11)14-20-13(23-21-14)9-18-15(22)19-12-2-1-7-17-8-12/h1-8H,9H2,(H2,18,19,22). The zero-order valence-electron chi connectivity index (χ0n) is 11.9. The number of nitrogens with one attached hydrogen (secondary N) is 2. The van der Waals surface area contributed by atoms with Crippen LogP contribution in [0.4, 0.5) is 10.5 Å². The number of carbonyl (C=O) groups is 1. The molecule has 2 N–H and O–H groups in total. The van der Waals surface area contributed by atoms with Crippen molar-refractivity contribution in [2.45, 2.75) is 6.54 Å². The number of hydrogen-bond acceptors (Lipinski definition) is 5. The molecule has 0 saturated heterocycles. The molecule has 0 radical (unpaired) electrons. The van der Waals surface area contributed by atoms with Crippen molar-refractivity contribution in [1.29, 1.82) is 0 Å². The van der Waals surface area contributed by atoms with Gasteiger partial charge >= 0.3 is 6.03 Å². The highest BCUT2D eigenvalue weighted by atomic mass is 35.5. The molecule has 7 nitrogen and oxygen atoms in total. The number of halogens is 1. The molecule has 0 aliphatic carbocycles. The first-order valence-corrected chi connectivity index (χ1v) is 7.12. The van der Waals surface area contributed by atoms with Crippen LogP contribution in [0.1, 0.15) is 5.89 Å². The molecule has 1 aromatic carbocycles. The highest BCUT2D eigenvalue weighted by Crippen LogP contribution is 2.18. The fourth-order valence-corrected chi connectivity index (χ4v) is 1.94. The van der Waals surface area contributed by atoms with E-state index in [1.807, 2.05) is 0 Å². The number of hydrogen-bond donors (Lipinski definition) is 2. The minimum absolute atomic E-state index is 0.118. The highest BCUT2D eigenvalue weighted by molar-refractivity contribution is 6.30. The van der Waals surface area contributed by atoms with Gasteiger partial charge in [-0.15, -0.1) is 0 Å². The molecule has 3 aromatic rings. The Hall–Kier alpha value is -2.93. The summed E-state index contributed by atoms with van der Waals surface area (Å²) >= 11 is 5.83. The monoisotopic (exact) mass is 329 g/mol. The molecule has 3 rings (SSSR count). The third-order valence-electron chi connectivity index (χ3n) is 2.89. The van der Waals surface area contributed by atoms with Crippen molar-refractivity contribution >= 4 is 23.3 Å². The van der Waals surface area contributed by atoms with E-state index in [0.717, 1.165) is 5.56 Å². The molecule has 0 aliphatic heterocycles. The zero-order valence-corrected chi connectivity index (χ0v) is 12.6. The maximum Gasteiger partial charge on any atom is 0.319 e. The Kier molecular flexibility index (Phi) is 4.49. The van der Waals surface area contributed by atoms with E-state index >= 15 is 0 Å². The first kappa shape index (κ1) is 15.0. The lowest BCUT2D eigenvalue weighted by Gasteiger charge is -2.04. The number of pyridine rings is 1. The van der Waals surface area contributed by atoms with Gasteiger partial charge in [-0.3, -0.25) is 4.98 Å². The Morgan fingerprint density at radius 3 is 2.78 bits per heavy atom. The number of urea groups is 1. The summed E-state index contributed by atoms with van der Waals surface area (Å²) in [5.41, 5.74) is 1.38. The average molecular weight is 330 g/mol. The van der Waals surface area contributed by atoms with Gasteiger partial charge in [0.05, 0.1) is 18.4 Å². The molecule has 0 fully saturated rings. The van der Waals surface area contributed by atoms with Crippen molar-refractivity contribution < 1.29 is 9.32 Å². The summed E-state index contributed by atoms with van der Waals surface area (Å²) in [5, 5.41) is 9.76. The van der Waals surface area contributed by atoms with Gasteiger partial charge in [-0.25, -0.2) is 4.79 Å². The Balaban J connectivity index is 1.57. The van der Waals surface area contributed by atoms with E-state index in [0.29, 0.717) is 22.4 Å². The van der Waals surface area contributed by atoms with Gasteiger partial charge in [0.1, 0.15) is 0 Å². The molecule has 116 valence electrons. The van der Waals surface area contributed by atoms with E-state index in [2.05, 4.69) is 25.8 Å². The molecule has 0 saturated carbocycles. The minimum Gasteiger partial charge on any atom is -0.337 e. The molecule has 0 aliphatic rings. The van der Waals surface area contributed by atoms with Gasteiger partial charge < -0.3 is 15.2 Å². The van der Waals surface area contributed by atoms with Crippen LogP contribution in [0.3, 0.4) is 0 Å². The van der Waals surface area contributed by atoms with Crippen LogP contribution in [0.15, 0.2) is 53.3 Å². The number of anilines is 1. The number of nitrogens with zero attached hydrogens (tertiary/aromatic N) is 3. The second kappa shape index (κ2) is 6.89. The summed E-state index contributed by atoms with van der Waals surface area (Å²) in [4.78, 5) is 19.9. The van der Waals surface area contributed by atoms with Crippen LogP contribution < -0.4 is 10.6 Å². The van der Waals surface area contributed by atoms with Crippen molar-refractivity contribution in [3.8, 4) is 11.4 Å². The van der Waals surface area contributed by atoms with Gasteiger partial charge in [-0.1, -0.05) is 16.8 Å². The summed E-state index contributed by atoms with van der Waals surface area (Å²) in [6, 6.07) is 10.1. The molecule has 23 heavy (non-hydrogen) atoms. The summed E-state index contributed by atoms with van der Waals surface area (Å²) in [7, 11) is 0. The maximum atomic E-state index is 11.7. The van der Waals surface area contributed by atoms with Gasteiger partial charge in [0.2, 0.25) is 11.7 Å². The zero-order chi connectivity index (χ0) is 16.1. The quantitative estimate of drug-likeness (QED) is 0.767. The molecule has 0 bridgehead atoms. The molecule has 2 aromatic heterocycles. The Morgan fingerprint density at radius 1 is 1.22 bits per heavy atom. The molecule has 0 atom stereocenters. The van der Waals surface area contributed by atoms with E-state index in [-0.39, 0.29) is 12.6 Å². The first-order valence-electron chi connectivity index (χ1n) is 6.74. The predicted molar refractivity (Wildman–Crippen MR) is 84.8 cm³/mol. The number of amides is 2. The number of rotatable bonds is 4. The highest BCUT2D eigenvalue weighted by Gasteiger charge is 2.10. The van der Waals surface area contributed by atoms with Crippen molar-refractivity contribution in [3.05, 3.63) is 59.7 Å². The molecular weight excluding hydrogens is 318 g/mol. The number of aromatic nitrogens is 3. The first-order chi connectivity index (χ1) is 11.2. The molecular formula is C15H12ClN5O2. The van der Waals surface area contributed by atoms with Gasteiger partial charge in [0.15, 0.2) is 0 Å². The molecule has 0 spiro atoms. The van der Waals surface area contributed by atoms with Crippen molar-refractivity contribution in [1.82, 2.24) is 20.4 Å². The summed E-state index contributed by atoms with van der Waals surface area (Å²) < 4.78 is 5.10. The topological polar surface area (TPSA) is 92.9 Å². The smallest absolute Gasteiger partial charge is 0.319 e. The van der Waals surface area contributed by atoms with Crippen LogP contribution in [0.2, 0.25) is 5.02 Å². The molecule has 2 heterocycles. The van der Waals surface area contributed by atoms with E-state index in [9.17, 15) is 4.79 Å². The fraction of sp³-hybridized carbons (Fsp3) is 0.0667. The Bertz CT molecular complexity index is 789. The molecule has 0 unspecified atom stereocenters. The maximum absolute atomic E-state index is 11.7. The third-order valence-corrected chi connectivity index (χ3v) is 3.14. The largest absolute Gasteiger partial charge is 0.337 e. The van der Waals surface area contributed by atoms with E-state index in [1.165, 1.54) is 0 Å². The van der Waals surface area contributed by atoms with Gasteiger partial charge in [0, 0.05) is 16.8 Å². The van der Waals surface area contributed by atoms with E-state index in [1.54, 1.807) is 48.8 Å². The Labute approximate surface area is 136 Å². The SMILES string of the molecule is O=C(NCc1nc(-c2ccc(Cl)cc2)no1)Nc1cccnc1.